The number of methoxy groups -OCH3 is 2. The molecule has 1 aliphatic carbocycles. The second kappa shape index (κ2) is 9.72. The molecule has 0 radical (unpaired) electrons. The van der Waals surface area contributed by atoms with Gasteiger partial charge in [0.2, 0.25) is 11.8 Å². The van der Waals surface area contributed by atoms with Crippen molar-refractivity contribution in [3.63, 3.8) is 0 Å². The molecule has 0 unspecified atom stereocenters. The van der Waals surface area contributed by atoms with E-state index in [4.69, 9.17) is 9.47 Å². The third-order valence-electron chi connectivity index (χ3n) is 6.14. The van der Waals surface area contributed by atoms with Crippen LogP contribution in [0.5, 0.6) is 11.8 Å². The van der Waals surface area contributed by atoms with Gasteiger partial charge >= 0.3 is 0 Å². The first kappa shape index (κ1) is 21.1. The van der Waals surface area contributed by atoms with Gasteiger partial charge in [-0.1, -0.05) is 6.92 Å². The van der Waals surface area contributed by atoms with Crippen molar-refractivity contribution in [1.82, 2.24) is 15.3 Å². The SMILES string of the molecule is CC[C@@H](NC(=O)c1ccc(OC)nc1)C1CCC(c2ccnc(OC)c2C)CC1. The number of hydrogen-bond donors (Lipinski definition) is 1. The molecule has 2 aromatic heterocycles. The summed E-state index contributed by atoms with van der Waals surface area (Å²) in [6, 6.07) is 5.77. The van der Waals surface area contributed by atoms with E-state index in [-0.39, 0.29) is 11.9 Å². The van der Waals surface area contributed by atoms with Gasteiger partial charge in [0, 0.05) is 30.1 Å². The van der Waals surface area contributed by atoms with Crippen molar-refractivity contribution in [3.8, 4) is 11.8 Å². The average molecular weight is 398 g/mol. The molecule has 29 heavy (non-hydrogen) atoms. The summed E-state index contributed by atoms with van der Waals surface area (Å²) in [5.41, 5.74) is 3.06. The lowest BCUT2D eigenvalue weighted by atomic mass is 9.75. The molecule has 6 nitrogen and oxygen atoms in total. The summed E-state index contributed by atoms with van der Waals surface area (Å²) < 4.78 is 10.4. The first-order chi connectivity index (χ1) is 14.1. The predicted octanol–water partition coefficient (Wildman–Crippen LogP) is 4.28. The molecular weight excluding hydrogens is 366 g/mol. The van der Waals surface area contributed by atoms with Crippen molar-refractivity contribution in [2.24, 2.45) is 5.92 Å². The molecule has 6 heteroatoms. The van der Waals surface area contributed by atoms with E-state index in [2.05, 4.69) is 35.2 Å². The third-order valence-corrected chi connectivity index (χ3v) is 6.14. The van der Waals surface area contributed by atoms with Gasteiger partial charge < -0.3 is 14.8 Å². The Morgan fingerprint density at radius 2 is 1.90 bits per heavy atom. The molecule has 156 valence electrons. The minimum absolute atomic E-state index is 0.0659. The maximum atomic E-state index is 12.6. The Kier molecular flexibility index (Phi) is 7.07. The lowest BCUT2D eigenvalue weighted by molar-refractivity contribution is 0.0909. The fourth-order valence-corrected chi connectivity index (χ4v) is 4.45. The zero-order valence-corrected chi connectivity index (χ0v) is 17.8. The first-order valence-corrected chi connectivity index (χ1v) is 10.4. The fourth-order valence-electron chi connectivity index (χ4n) is 4.45. The molecule has 1 aliphatic rings. The Balaban J connectivity index is 1.60. The Morgan fingerprint density at radius 1 is 1.14 bits per heavy atom. The Hall–Kier alpha value is -2.63. The van der Waals surface area contributed by atoms with Crippen molar-refractivity contribution < 1.29 is 14.3 Å². The smallest absolute Gasteiger partial charge is 0.253 e. The Bertz CT molecular complexity index is 815. The van der Waals surface area contributed by atoms with Crippen molar-refractivity contribution in [2.45, 2.75) is 57.9 Å². The fraction of sp³-hybridized carbons (Fsp3) is 0.522. The van der Waals surface area contributed by atoms with Crippen LogP contribution in [0, 0.1) is 12.8 Å². The van der Waals surface area contributed by atoms with E-state index in [1.165, 1.54) is 5.56 Å². The van der Waals surface area contributed by atoms with E-state index in [1.807, 2.05) is 6.20 Å². The molecule has 3 rings (SSSR count). The van der Waals surface area contributed by atoms with Gasteiger partial charge in [0.25, 0.3) is 5.91 Å². The van der Waals surface area contributed by atoms with E-state index >= 15 is 0 Å². The maximum absolute atomic E-state index is 12.6. The Labute approximate surface area is 173 Å². The topological polar surface area (TPSA) is 73.3 Å². The Morgan fingerprint density at radius 3 is 2.48 bits per heavy atom. The molecule has 1 atom stereocenters. The molecule has 1 fully saturated rings. The number of ether oxygens (including phenoxy) is 2. The number of aromatic nitrogens is 2. The molecule has 2 heterocycles. The summed E-state index contributed by atoms with van der Waals surface area (Å²) in [6.07, 6.45) is 8.78. The molecule has 0 bridgehead atoms. The van der Waals surface area contributed by atoms with Crippen LogP contribution < -0.4 is 14.8 Å². The number of amides is 1. The van der Waals surface area contributed by atoms with Gasteiger partial charge in [-0.25, -0.2) is 9.97 Å². The number of hydrogen-bond acceptors (Lipinski definition) is 5. The quantitative estimate of drug-likeness (QED) is 0.755. The molecule has 0 saturated heterocycles. The van der Waals surface area contributed by atoms with Crippen LogP contribution in [-0.4, -0.2) is 36.1 Å². The zero-order valence-electron chi connectivity index (χ0n) is 17.8. The van der Waals surface area contributed by atoms with Crippen LogP contribution in [0.3, 0.4) is 0 Å². The summed E-state index contributed by atoms with van der Waals surface area (Å²) in [5, 5.41) is 3.22. The van der Waals surface area contributed by atoms with Crippen LogP contribution in [0.25, 0.3) is 0 Å². The number of carbonyl (C=O) groups is 1. The highest BCUT2D eigenvalue weighted by molar-refractivity contribution is 5.94. The molecule has 1 N–H and O–H groups in total. The van der Waals surface area contributed by atoms with Crippen LogP contribution in [0.1, 0.15) is 66.4 Å². The second-order valence-electron chi connectivity index (χ2n) is 7.72. The van der Waals surface area contributed by atoms with Gasteiger partial charge in [0.05, 0.1) is 19.8 Å². The van der Waals surface area contributed by atoms with Crippen molar-refractivity contribution in [1.29, 1.82) is 0 Å². The van der Waals surface area contributed by atoms with Crippen molar-refractivity contribution in [2.75, 3.05) is 14.2 Å². The summed E-state index contributed by atoms with van der Waals surface area (Å²) in [4.78, 5) is 21.1. The van der Waals surface area contributed by atoms with Crippen molar-refractivity contribution >= 4 is 5.91 Å². The van der Waals surface area contributed by atoms with Crippen LogP contribution in [0.4, 0.5) is 0 Å². The molecule has 2 aromatic rings. The van der Waals surface area contributed by atoms with E-state index in [9.17, 15) is 4.79 Å². The number of nitrogens with one attached hydrogen (secondary N) is 1. The summed E-state index contributed by atoms with van der Waals surface area (Å²) >= 11 is 0. The summed E-state index contributed by atoms with van der Waals surface area (Å²) in [5.74, 6) is 2.19. The van der Waals surface area contributed by atoms with Gasteiger partial charge in [0.1, 0.15) is 0 Å². The molecule has 1 amide bonds. The predicted molar refractivity (Wildman–Crippen MR) is 113 cm³/mol. The highest BCUT2D eigenvalue weighted by atomic mass is 16.5. The second-order valence-corrected chi connectivity index (χ2v) is 7.72. The van der Waals surface area contributed by atoms with Crippen LogP contribution >= 0.6 is 0 Å². The van der Waals surface area contributed by atoms with Gasteiger partial charge in [-0.3, -0.25) is 4.79 Å². The highest BCUT2D eigenvalue weighted by Gasteiger charge is 2.29. The number of carbonyl (C=O) groups excluding carboxylic acids is 1. The maximum Gasteiger partial charge on any atom is 0.253 e. The van der Waals surface area contributed by atoms with Crippen LogP contribution in [0.15, 0.2) is 30.6 Å². The van der Waals surface area contributed by atoms with Gasteiger partial charge in [-0.2, -0.15) is 0 Å². The zero-order chi connectivity index (χ0) is 20.8. The molecule has 0 aromatic carbocycles. The van der Waals surface area contributed by atoms with E-state index in [0.717, 1.165) is 43.5 Å². The highest BCUT2D eigenvalue weighted by Crippen LogP contribution is 2.39. The summed E-state index contributed by atoms with van der Waals surface area (Å²) in [7, 11) is 3.23. The third kappa shape index (κ3) is 4.86. The van der Waals surface area contributed by atoms with Gasteiger partial charge in [0.15, 0.2) is 0 Å². The molecule has 0 spiro atoms. The van der Waals surface area contributed by atoms with Crippen LogP contribution in [-0.2, 0) is 0 Å². The standard InChI is InChI=1S/C23H31N3O3/c1-5-20(26-22(27)18-10-11-21(28-3)25-14-18)17-8-6-16(7-9-17)19-12-13-24-23(29-4)15(19)2/h10-14,16-17,20H,5-9H2,1-4H3,(H,26,27)/t16?,17?,20-/m1/s1. The van der Waals surface area contributed by atoms with Gasteiger partial charge in [-0.15, -0.1) is 0 Å². The number of nitrogens with zero attached hydrogens (tertiary/aromatic N) is 2. The van der Waals surface area contributed by atoms with Crippen molar-refractivity contribution in [3.05, 3.63) is 47.3 Å². The van der Waals surface area contributed by atoms with E-state index in [1.54, 1.807) is 32.5 Å². The first-order valence-electron chi connectivity index (χ1n) is 10.4. The van der Waals surface area contributed by atoms with E-state index in [0.29, 0.717) is 23.3 Å². The largest absolute Gasteiger partial charge is 0.481 e. The average Bonchev–Trinajstić information content (AvgIpc) is 2.77. The van der Waals surface area contributed by atoms with Gasteiger partial charge in [-0.05, 0) is 68.6 Å². The van der Waals surface area contributed by atoms with E-state index < -0.39 is 0 Å². The number of pyridine rings is 2. The number of rotatable bonds is 7. The monoisotopic (exact) mass is 397 g/mol. The lowest BCUT2D eigenvalue weighted by Gasteiger charge is -2.34. The molecule has 0 aliphatic heterocycles. The summed E-state index contributed by atoms with van der Waals surface area (Å²) in [6.45, 7) is 4.23. The minimum atomic E-state index is -0.0659. The normalized spacial score (nSPS) is 20.0. The molecule has 1 saturated carbocycles. The minimum Gasteiger partial charge on any atom is -0.481 e. The lowest BCUT2D eigenvalue weighted by Crippen LogP contribution is -2.41. The molecular formula is C23H31N3O3. The van der Waals surface area contributed by atoms with Crippen LogP contribution in [0.2, 0.25) is 0 Å².